The zero-order chi connectivity index (χ0) is 49.3. The molecule has 1 atom stereocenters. The number of rotatable bonds is 54. The first kappa shape index (κ1) is 65.4. The summed E-state index contributed by atoms with van der Waals surface area (Å²) in [6, 6.07) is 0. The minimum Gasteiger partial charge on any atom is -0.462 e. The first-order valence-electron chi connectivity index (χ1n) is 29.6. The molecule has 0 amide bonds. The average Bonchev–Trinajstić information content (AvgIpc) is 3.34. The lowest BCUT2D eigenvalue weighted by molar-refractivity contribution is -0.167. The van der Waals surface area contributed by atoms with E-state index in [0.717, 1.165) is 83.5 Å². The smallest absolute Gasteiger partial charge is 0.306 e. The van der Waals surface area contributed by atoms with Gasteiger partial charge in [-0.3, -0.25) is 14.4 Å². The molecule has 0 rings (SSSR count). The maximum atomic E-state index is 12.9. The second-order valence-corrected chi connectivity index (χ2v) is 19.9. The predicted octanol–water partition coefficient (Wildman–Crippen LogP) is 19.8. The molecule has 0 aromatic rings. The van der Waals surface area contributed by atoms with Crippen LogP contribution in [0.25, 0.3) is 0 Å². The van der Waals surface area contributed by atoms with E-state index < -0.39 is 6.10 Å². The molecule has 0 N–H and O–H groups in total. The van der Waals surface area contributed by atoms with E-state index in [1.54, 1.807) is 0 Å². The Morgan fingerprint density at radius 3 is 0.853 bits per heavy atom. The second-order valence-electron chi connectivity index (χ2n) is 19.9. The number of ether oxygens (including phenoxy) is 3. The molecule has 396 valence electrons. The van der Waals surface area contributed by atoms with Crippen molar-refractivity contribution >= 4 is 17.9 Å². The Morgan fingerprint density at radius 2 is 0.529 bits per heavy atom. The highest BCUT2D eigenvalue weighted by Gasteiger charge is 2.19. The third kappa shape index (κ3) is 54.3. The first-order chi connectivity index (χ1) is 33.5. The molecule has 68 heavy (non-hydrogen) atoms. The Hall–Kier alpha value is -2.63. The molecule has 6 heteroatoms. The van der Waals surface area contributed by atoms with Crippen molar-refractivity contribution in [2.75, 3.05) is 13.2 Å². The Kier molecular flexibility index (Phi) is 54.8. The summed E-state index contributed by atoms with van der Waals surface area (Å²) in [6.07, 6.45) is 69.5. The summed E-state index contributed by atoms with van der Waals surface area (Å²) in [4.78, 5) is 38.2. The van der Waals surface area contributed by atoms with Gasteiger partial charge < -0.3 is 14.2 Å². The van der Waals surface area contributed by atoms with Gasteiger partial charge in [0.25, 0.3) is 0 Å². The molecule has 0 aromatic heterocycles. The van der Waals surface area contributed by atoms with Crippen molar-refractivity contribution in [3.8, 4) is 0 Å². The lowest BCUT2D eigenvalue weighted by Crippen LogP contribution is -2.30. The maximum absolute atomic E-state index is 12.9. The van der Waals surface area contributed by atoms with Crippen LogP contribution in [0.2, 0.25) is 0 Å². The molecule has 0 spiro atoms. The predicted molar refractivity (Wildman–Crippen MR) is 293 cm³/mol. The lowest BCUT2D eigenvalue weighted by atomic mass is 10.1. The van der Waals surface area contributed by atoms with Gasteiger partial charge in [0.1, 0.15) is 13.2 Å². The van der Waals surface area contributed by atoms with E-state index in [9.17, 15) is 14.4 Å². The lowest BCUT2D eigenvalue weighted by Gasteiger charge is -2.18. The fraction of sp³-hybridized carbons (Fsp3) is 0.823. The number of allylic oxidation sites excluding steroid dienone is 8. The number of esters is 3. The van der Waals surface area contributed by atoms with Crippen molar-refractivity contribution in [2.45, 2.75) is 316 Å². The van der Waals surface area contributed by atoms with Crippen LogP contribution < -0.4 is 0 Å². The summed E-state index contributed by atoms with van der Waals surface area (Å²) in [7, 11) is 0. The highest BCUT2D eigenvalue weighted by Crippen LogP contribution is 2.15. The van der Waals surface area contributed by atoms with Gasteiger partial charge in [-0.25, -0.2) is 0 Å². The van der Waals surface area contributed by atoms with Crippen LogP contribution in [0.1, 0.15) is 310 Å². The van der Waals surface area contributed by atoms with E-state index in [0.29, 0.717) is 19.3 Å². The van der Waals surface area contributed by atoms with Gasteiger partial charge >= 0.3 is 17.9 Å². The normalized spacial score (nSPS) is 12.3. The van der Waals surface area contributed by atoms with E-state index >= 15 is 0 Å². The molecule has 6 nitrogen and oxygen atoms in total. The second kappa shape index (κ2) is 57.0. The van der Waals surface area contributed by atoms with Crippen LogP contribution in [-0.4, -0.2) is 37.2 Å². The summed E-state index contributed by atoms with van der Waals surface area (Å²) in [5.74, 6) is -0.886. The van der Waals surface area contributed by atoms with Crippen LogP contribution in [0, 0.1) is 0 Å². The molecule has 0 aromatic carbocycles. The quantitative estimate of drug-likeness (QED) is 0.0262. The standard InChI is InChI=1S/C62H112O6/c1-4-7-10-13-16-19-22-25-28-30-31-32-35-37-40-43-46-49-52-55-61(64)67-58-59(57-66-60(63)54-51-48-45-42-39-36-33-27-24-21-18-15-12-9-6-3)68-62(65)56-53-50-47-44-41-38-34-29-26-23-20-17-14-11-8-5-2/h16,19,25,27-29,33-34,59H,4-15,17-18,20-24,26,30-32,35-58H2,1-3H3/b19-16-,28-25-,33-27-,34-29-/t59-/m1/s1. The molecule has 0 saturated carbocycles. The molecule has 0 radical (unpaired) electrons. The van der Waals surface area contributed by atoms with Crippen LogP contribution in [0.15, 0.2) is 48.6 Å². The minimum absolute atomic E-state index is 0.0797. The van der Waals surface area contributed by atoms with Crippen molar-refractivity contribution in [3.05, 3.63) is 48.6 Å². The van der Waals surface area contributed by atoms with Gasteiger partial charge in [-0.05, 0) is 103 Å². The Morgan fingerprint density at radius 1 is 0.294 bits per heavy atom. The zero-order valence-electron chi connectivity index (χ0n) is 45.4. The summed E-state index contributed by atoms with van der Waals surface area (Å²) < 4.78 is 16.9. The van der Waals surface area contributed by atoms with E-state index in [2.05, 4.69) is 69.4 Å². The molecule has 0 aliphatic carbocycles. The van der Waals surface area contributed by atoms with E-state index in [1.807, 2.05) is 0 Å². The van der Waals surface area contributed by atoms with Gasteiger partial charge in [0.15, 0.2) is 6.10 Å². The SMILES string of the molecule is CCCCC/C=C\C/C=C\CCCCCCCCCCCC(=O)OC[C@@H](COC(=O)CCCCCCC/C=C\CCCCCCCC)OC(=O)CCCCCCC/C=C\CCCCCCCCC. The number of carbonyl (C=O) groups excluding carboxylic acids is 3. The average molecular weight is 954 g/mol. The molecule has 0 bridgehead atoms. The van der Waals surface area contributed by atoms with Gasteiger partial charge in [-0.1, -0.05) is 236 Å². The van der Waals surface area contributed by atoms with Crippen LogP contribution in [0.5, 0.6) is 0 Å². The summed E-state index contributed by atoms with van der Waals surface area (Å²) in [6.45, 7) is 6.62. The van der Waals surface area contributed by atoms with E-state index in [4.69, 9.17) is 14.2 Å². The molecule has 0 fully saturated rings. The number of carbonyl (C=O) groups is 3. The van der Waals surface area contributed by atoms with Gasteiger partial charge in [0, 0.05) is 19.3 Å². The maximum Gasteiger partial charge on any atom is 0.306 e. The summed E-state index contributed by atoms with van der Waals surface area (Å²) in [5.41, 5.74) is 0. The van der Waals surface area contributed by atoms with Crippen molar-refractivity contribution in [2.24, 2.45) is 0 Å². The molecule has 0 saturated heterocycles. The monoisotopic (exact) mass is 953 g/mol. The molecular weight excluding hydrogens is 841 g/mol. The number of unbranched alkanes of at least 4 members (excludes halogenated alkanes) is 35. The zero-order valence-corrected chi connectivity index (χ0v) is 45.4. The molecule has 0 heterocycles. The van der Waals surface area contributed by atoms with Crippen molar-refractivity contribution < 1.29 is 28.6 Å². The summed E-state index contributed by atoms with van der Waals surface area (Å²) in [5, 5.41) is 0. The molecule has 0 aliphatic heterocycles. The largest absolute Gasteiger partial charge is 0.462 e. The Balaban J connectivity index is 4.37. The van der Waals surface area contributed by atoms with E-state index in [1.165, 1.54) is 186 Å². The van der Waals surface area contributed by atoms with Gasteiger partial charge in [0.05, 0.1) is 0 Å². The van der Waals surface area contributed by atoms with Crippen LogP contribution in [0.4, 0.5) is 0 Å². The Bertz CT molecular complexity index is 1190. The van der Waals surface area contributed by atoms with Crippen LogP contribution >= 0.6 is 0 Å². The van der Waals surface area contributed by atoms with Crippen LogP contribution in [0.3, 0.4) is 0 Å². The minimum atomic E-state index is -0.782. The fourth-order valence-electron chi connectivity index (χ4n) is 8.52. The van der Waals surface area contributed by atoms with Crippen molar-refractivity contribution in [1.29, 1.82) is 0 Å². The first-order valence-corrected chi connectivity index (χ1v) is 29.6. The van der Waals surface area contributed by atoms with Crippen LogP contribution in [-0.2, 0) is 28.6 Å². The summed E-state index contributed by atoms with van der Waals surface area (Å²) >= 11 is 0. The van der Waals surface area contributed by atoms with Crippen molar-refractivity contribution in [1.82, 2.24) is 0 Å². The van der Waals surface area contributed by atoms with Gasteiger partial charge in [0.2, 0.25) is 0 Å². The third-order valence-electron chi connectivity index (χ3n) is 13.0. The number of hydrogen-bond donors (Lipinski definition) is 0. The molecular formula is C62H112O6. The van der Waals surface area contributed by atoms with E-state index in [-0.39, 0.29) is 31.1 Å². The topological polar surface area (TPSA) is 78.9 Å². The van der Waals surface area contributed by atoms with Gasteiger partial charge in [-0.15, -0.1) is 0 Å². The highest BCUT2D eigenvalue weighted by atomic mass is 16.6. The molecule has 0 unspecified atom stereocenters. The fourth-order valence-corrected chi connectivity index (χ4v) is 8.52. The van der Waals surface area contributed by atoms with Gasteiger partial charge in [-0.2, -0.15) is 0 Å². The Labute approximate surface area is 422 Å². The highest BCUT2D eigenvalue weighted by molar-refractivity contribution is 5.71. The van der Waals surface area contributed by atoms with Crippen molar-refractivity contribution in [3.63, 3.8) is 0 Å². The third-order valence-corrected chi connectivity index (χ3v) is 13.0. The molecule has 0 aliphatic rings. The number of hydrogen-bond acceptors (Lipinski definition) is 6.